The molecule has 0 fully saturated rings. The van der Waals surface area contributed by atoms with Gasteiger partial charge in [-0.05, 0) is 203 Å². The highest BCUT2D eigenvalue weighted by Gasteiger charge is 2.23. The first kappa shape index (κ1) is 49.0. The second kappa shape index (κ2) is 19.5. The molecule has 11 rings (SSSR count). The molecule has 2 aliphatic heterocycles. The quantitative estimate of drug-likeness (QED) is 0.119. The topological polar surface area (TPSA) is 141 Å². The van der Waals surface area contributed by atoms with Crippen LogP contribution < -0.4 is 10.6 Å². The number of hydrogen-bond donors (Lipinski definition) is 4. The van der Waals surface area contributed by atoms with E-state index in [0.29, 0.717) is 28.3 Å². The maximum Gasteiger partial charge on any atom is 0.255 e. The van der Waals surface area contributed by atoms with Crippen LogP contribution in [0.1, 0.15) is 90.1 Å². The van der Waals surface area contributed by atoms with Gasteiger partial charge in [-0.2, -0.15) is 0 Å². The maximum atomic E-state index is 14.0. The lowest BCUT2D eigenvalue weighted by Gasteiger charge is -2.14. The number of anilines is 2. The van der Waals surface area contributed by atoms with E-state index in [1.807, 2.05) is 24.3 Å². The average Bonchev–Trinajstić information content (AvgIpc) is 4.23. The van der Waals surface area contributed by atoms with Gasteiger partial charge in [0, 0.05) is 80.6 Å². The minimum absolute atomic E-state index is 0.185. The third kappa shape index (κ3) is 9.23. The van der Waals surface area contributed by atoms with Crippen molar-refractivity contribution >= 4 is 69.6 Å². The Kier molecular flexibility index (Phi) is 12.6. The molecular weight excluding hydrogens is 937 g/mol. The number of aromatic nitrogens is 6. The summed E-state index contributed by atoms with van der Waals surface area (Å²) in [6.45, 7) is 21.0. The van der Waals surface area contributed by atoms with Crippen LogP contribution in [0, 0.1) is 62.3 Å². The maximum absolute atomic E-state index is 14.0. The van der Waals surface area contributed by atoms with Gasteiger partial charge >= 0.3 is 0 Å². The number of fused-ring (bicyclic) bond motifs is 8. The predicted molar refractivity (Wildman–Crippen MR) is 313 cm³/mol. The van der Waals surface area contributed by atoms with E-state index >= 15 is 0 Å². The van der Waals surface area contributed by atoms with Gasteiger partial charge in [-0.25, -0.2) is 9.97 Å². The molecule has 5 aromatic heterocycles. The Balaban J connectivity index is 1.14. The Labute approximate surface area is 442 Å². The second-order valence-corrected chi connectivity index (χ2v) is 20.4. The number of amides is 2. The molecule has 7 heterocycles. The molecule has 0 saturated carbocycles. The predicted octanol–water partition coefficient (Wildman–Crippen LogP) is 15.8. The molecule has 4 aromatic carbocycles. The number of H-pyrrole nitrogens is 2. The largest absolute Gasteiger partial charge is 0.354 e. The molecule has 0 atom stereocenters. The smallest absolute Gasteiger partial charge is 0.255 e. The van der Waals surface area contributed by atoms with Gasteiger partial charge in [-0.1, -0.05) is 65.2 Å². The van der Waals surface area contributed by atoms with E-state index in [2.05, 4.69) is 178 Å². The molecule has 10 heteroatoms. The van der Waals surface area contributed by atoms with Crippen molar-refractivity contribution in [2.45, 2.75) is 69.2 Å². The van der Waals surface area contributed by atoms with E-state index in [1.165, 1.54) is 34.7 Å². The fraction of sp³-hybridized carbons (Fsp3) is 0.152. The summed E-state index contributed by atoms with van der Waals surface area (Å²) < 4.78 is 0. The van der Waals surface area contributed by atoms with E-state index in [9.17, 15) is 9.59 Å². The highest BCUT2D eigenvalue weighted by Crippen LogP contribution is 2.42. The third-order valence-electron chi connectivity index (χ3n) is 14.3. The summed E-state index contributed by atoms with van der Waals surface area (Å²) >= 11 is 0. The van der Waals surface area contributed by atoms with E-state index in [1.54, 1.807) is 36.7 Å². The van der Waals surface area contributed by atoms with Gasteiger partial charge in [-0.15, -0.1) is 0 Å². The number of aryl methyl sites for hydroxylation is 9. The normalized spacial score (nSPS) is 11.8. The summed E-state index contributed by atoms with van der Waals surface area (Å²) in [7, 11) is 0. The minimum Gasteiger partial charge on any atom is -0.354 e. The Bertz CT molecular complexity index is 4030. The van der Waals surface area contributed by atoms with Gasteiger partial charge in [0.05, 0.1) is 34.2 Å². The van der Waals surface area contributed by atoms with Crippen LogP contribution in [0.5, 0.6) is 0 Å². The van der Waals surface area contributed by atoms with Crippen LogP contribution in [0.2, 0.25) is 0 Å². The zero-order chi connectivity index (χ0) is 53.1. The number of nitrogens with zero attached hydrogens (tertiary/aromatic N) is 4. The molecule has 2 amide bonds. The molecular formula is C66H58N8O2. The number of benzene rings is 4. The molecule has 10 nitrogen and oxygen atoms in total. The number of nitrogens with one attached hydrogen (secondary N) is 4. The summed E-state index contributed by atoms with van der Waals surface area (Å²) in [5, 5.41) is 5.84. The molecule has 0 saturated heterocycles. The number of hydrogen-bond acceptors (Lipinski definition) is 6. The van der Waals surface area contributed by atoms with Crippen molar-refractivity contribution in [1.29, 1.82) is 0 Å². The van der Waals surface area contributed by atoms with Crippen molar-refractivity contribution in [2.75, 3.05) is 10.6 Å². The molecule has 76 heavy (non-hydrogen) atoms. The van der Waals surface area contributed by atoms with Gasteiger partial charge in [0.2, 0.25) is 5.91 Å². The fourth-order valence-electron chi connectivity index (χ4n) is 11.5. The highest BCUT2D eigenvalue weighted by molar-refractivity contribution is 6.06. The van der Waals surface area contributed by atoms with Gasteiger partial charge < -0.3 is 20.6 Å². The van der Waals surface area contributed by atoms with Crippen molar-refractivity contribution in [3.63, 3.8) is 0 Å². The van der Waals surface area contributed by atoms with Crippen molar-refractivity contribution < 1.29 is 9.59 Å². The van der Waals surface area contributed by atoms with E-state index in [0.717, 1.165) is 112 Å². The standard InChI is InChI=1S/C66H58N8O2/c1-35-27-38(4)59(39(5)28-35)63-51-17-15-49(71-51)62(45-11-13-46(14-12-45)66(76)70-48-24-26-68-58(34-48)57-33-47(23-25-67-57)69-44(10)75)50-16-18-52(72-50)64(60-40(6)29-36(2)30-41(60)7)54-20-22-56(74-54)65(55-21-19-53(63)73-55)61-42(8)31-37(3)32-43(61)9/h11-34,71,74H,1-10H3,(H,67,69,75)(H,68,70,76). The van der Waals surface area contributed by atoms with E-state index in [-0.39, 0.29) is 11.8 Å². The van der Waals surface area contributed by atoms with Crippen molar-refractivity contribution in [1.82, 2.24) is 29.9 Å². The highest BCUT2D eigenvalue weighted by atomic mass is 16.2. The minimum atomic E-state index is -0.284. The van der Waals surface area contributed by atoms with Crippen molar-refractivity contribution in [2.24, 2.45) is 0 Å². The SMILES string of the molecule is CC(=O)Nc1ccnc(-c2cc(NC(=O)c3ccc(-c4c5nc(c(-c6c(C)cc(C)cc6C)c6ccc([nH]6)c(-c6c(C)cc(C)cc6C)c6nc(c(-c7c(C)cc(C)cc7C)c7ccc4[nH]7)C=C6)C=C5)cc3)ccn2)c1. The average molecular weight is 995 g/mol. The molecule has 4 N–H and O–H groups in total. The monoisotopic (exact) mass is 994 g/mol. The van der Waals surface area contributed by atoms with Gasteiger partial charge in [0.25, 0.3) is 5.91 Å². The Hall–Kier alpha value is -9.28. The van der Waals surface area contributed by atoms with Gasteiger partial charge in [0.15, 0.2) is 0 Å². The first-order valence-corrected chi connectivity index (χ1v) is 25.6. The van der Waals surface area contributed by atoms with Crippen molar-refractivity contribution in [3.05, 3.63) is 200 Å². The molecule has 9 aromatic rings. The Morgan fingerprint density at radius 2 is 0.737 bits per heavy atom. The summed E-state index contributed by atoms with van der Waals surface area (Å²) in [6, 6.07) is 36.8. The zero-order valence-corrected chi connectivity index (χ0v) is 44.5. The third-order valence-corrected chi connectivity index (χ3v) is 14.3. The molecule has 2 aliphatic rings. The van der Waals surface area contributed by atoms with Gasteiger partial charge in [-0.3, -0.25) is 19.6 Å². The lowest BCUT2D eigenvalue weighted by molar-refractivity contribution is -0.114. The van der Waals surface area contributed by atoms with Crippen LogP contribution in [0.4, 0.5) is 11.4 Å². The summed E-state index contributed by atoms with van der Waals surface area (Å²) in [6.07, 6.45) is 11.8. The second-order valence-electron chi connectivity index (χ2n) is 20.4. The van der Waals surface area contributed by atoms with Crippen LogP contribution >= 0.6 is 0 Å². The molecule has 0 aliphatic carbocycles. The van der Waals surface area contributed by atoms with Crippen LogP contribution in [0.3, 0.4) is 0 Å². The number of carbonyl (C=O) groups is 2. The Morgan fingerprint density at radius 1 is 0.395 bits per heavy atom. The van der Waals surface area contributed by atoms with Crippen molar-refractivity contribution in [3.8, 4) is 55.9 Å². The van der Waals surface area contributed by atoms with Crippen LogP contribution in [0.25, 0.3) is 102 Å². The summed E-state index contributed by atoms with van der Waals surface area (Å²) in [4.78, 5) is 53.8. The number of rotatable bonds is 8. The lowest BCUT2D eigenvalue weighted by atomic mass is 9.92. The number of pyridine rings is 2. The molecule has 0 radical (unpaired) electrons. The molecule has 374 valence electrons. The first-order valence-electron chi connectivity index (χ1n) is 25.6. The van der Waals surface area contributed by atoms with Crippen LogP contribution in [0.15, 0.2) is 122 Å². The van der Waals surface area contributed by atoms with E-state index in [4.69, 9.17) is 9.97 Å². The van der Waals surface area contributed by atoms with E-state index < -0.39 is 0 Å². The van der Waals surface area contributed by atoms with Crippen LogP contribution in [-0.2, 0) is 4.79 Å². The van der Waals surface area contributed by atoms with Gasteiger partial charge in [0.1, 0.15) is 0 Å². The fourth-order valence-corrected chi connectivity index (χ4v) is 11.5. The summed E-state index contributed by atoms with van der Waals surface area (Å²) in [5.41, 5.74) is 28.6. The zero-order valence-electron chi connectivity index (χ0n) is 44.5. The summed E-state index contributed by atoms with van der Waals surface area (Å²) in [5.74, 6) is -0.469. The molecule has 8 bridgehead atoms. The number of aromatic amines is 2. The molecule has 0 spiro atoms. The first-order chi connectivity index (χ1) is 36.6. The Morgan fingerprint density at radius 3 is 1.11 bits per heavy atom. The molecule has 0 unspecified atom stereocenters. The van der Waals surface area contributed by atoms with Crippen LogP contribution in [-0.4, -0.2) is 41.7 Å². The number of carbonyl (C=O) groups excluding carboxylic acids is 2. The lowest BCUT2D eigenvalue weighted by Crippen LogP contribution is -2.12.